The van der Waals surface area contributed by atoms with Crippen LogP contribution in [0.3, 0.4) is 0 Å². The van der Waals surface area contributed by atoms with Gasteiger partial charge >= 0.3 is 0 Å². The molecule has 5 heteroatoms. The lowest BCUT2D eigenvalue weighted by atomic mass is 10.4. The molecular formula is C10H11N5. The summed E-state index contributed by atoms with van der Waals surface area (Å²) in [4.78, 5) is 4.19. The summed E-state index contributed by atoms with van der Waals surface area (Å²) in [6.07, 6.45) is 5.97. The quantitative estimate of drug-likeness (QED) is 0.593. The first-order chi connectivity index (χ1) is 7.42. The van der Waals surface area contributed by atoms with Gasteiger partial charge in [0.2, 0.25) is 5.65 Å². The van der Waals surface area contributed by atoms with Gasteiger partial charge < -0.3 is 5.32 Å². The molecule has 0 radical (unpaired) electrons. The van der Waals surface area contributed by atoms with E-state index in [1.807, 2.05) is 17.5 Å². The smallest absolute Gasteiger partial charge is 0.203 e. The molecule has 5 nitrogen and oxygen atoms in total. The molecule has 0 spiro atoms. The second-order valence-corrected chi connectivity index (χ2v) is 2.94. The minimum atomic E-state index is 0.738. The highest BCUT2D eigenvalue weighted by molar-refractivity contribution is 5.61. The van der Waals surface area contributed by atoms with Crippen LogP contribution in [0.25, 0.3) is 5.65 Å². The van der Waals surface area contributed by atoms with Crippen LogP contribution in [0.2, 0.25) is 0 Å². The van der Waals surface area contributed by atoms with Crippen molar-refractivity contribution in [1.82, 2.24) is 19.6 Å². The predicted octanol–water partition coefficient (Wildman–Crippen LogP) is 0.950. The van der Waals surface area contributed by atoms with Gasteiger partial charge in [0, 0.05) is 25.4 Å². The van der Waals surface area contributed by atoms with E-state index < -0.39 is 0 Å². The van der Waals surface area contributed by atoms with Crippen LogP contribution in [0, 0.1) is 11.8 Å². The molecule has 15 heavy (non-hydrogen) atoms. The highest BCUT2D eigenvalue weighted by Crippen LogP contribution is 2.08. The third-order valence-corrected chi connectivity index (χ3v) is 1.93. The Morgan fingerprint density at radius 1 is 1.53 bits per heavy atom. The van der Waals surface area contributed by atoms with Crippen LogP contribution >= 0.6 is 0 Å². The largest absolute Gasteiger partial charge is 0.366 e. The molecule has 0 unspecified atom stereocenters. The van der Waals surface area contributed by atoms with Crippen LogP contribution in [-0.4, -0.2) is 26.1 Å². The maximum absolute atomic E-state index is 4.19. The van der Waals surface area contributed by atoms with Crippen molar-refractivity contribution < 1.29 is 0 Å². The van der Waals surface area contributed by atoms with E-state index in [-0.39, 0.29) is 0 Å². The predicted molar refractivity (Wildman–Crippen MR) is 57.3 cm³/mol. The average Bonchev–Trinajstić information content (AvgIpc) is 2.73. The zero-order chi connectivity index (χ0) is 10.5. The van der Waals surface area contributed by atoms with Gasteiger partial charge in [-0.2, -0.15) is 0 Å². The van der Waals surface area contributed by atoms with Gasteiger partial charge in [0.05, 0.1) is 0 Å². The first-order valence-electron chi connectivity index (χ1n) is 4.69. The summed E-state index contributed by atoms with van der Waals surface area (Å²) in [5.74, 6) is 6.56. The zero-order valence-electron chi connectivity index (χ0n) is 8.44. The van der Waals surface area contributed by atoms with Crippen LogP contribution in [0.1, 0.15) is 13.3 Å². The maximum atomic E-state index is 4.19. The Hall–Kier alpha value is -2.09. The summed E-state index contributed by atoms with van der Waals surface area (Å²) in [6, 6.07) is 0. The molecule has 2 heterocycles. The SMILES string of the molecule is CC#CCCNc1nccn2cnnc12. The van der Waals surface area contributed by atoms with Crippen LogP contribution < -0.4 is 5.32 Å². The molecular weight excluding hydrogens is 190 g/mol. The van der Waals surface area contributed by atoms with Gasteiger partial charge in [-0.25, -0.2) is 4.98 Å². The highest BCUT2D eigenvalue weighted by atomic mass is 15.2. The summed E-state index contributed by atoms with van der Waals surface area (Å²) in [5.41, 5.74) is 0.738. The lowest BCUT2D eigenvalue weighted by Gasteiger charge is -2.02. The molecule has 0 amide bonds. The molecule has 0 fully saturated rings. The second kappa shape index (κ2) is 4.42. The number of hydrogen-bond acceptors (Lipinski definition) is 4. The monoisotopic (exact) mass is 201 g/mol. The van der Waals surface area contributed by atoms with Crippen LogP contribution in [0.5, 0.6) is 0 Å². The molecule has 0 saturated carbocycles. The van der Waals surface area contributed by atoms with Gasteiger partial charge in [-0.1, -0.05) is 0 Å². The van der Waals surface area contributed by atoms with Gasteiger partial charge in [0.15, 0.2) is 5.82 Å². The number of hydrogen-bond donors (Lipinski definition) is 1. The summed E-state index contributed by atoms with van der Waals surface area (Å²) in [6.45, 7) is 2.60. The first-order valence-corrected chi connectivity index (χ1v) is 4.69. The van der Waals surface area contributed by atoms with E-state index in [9.17, 15) is 0 Å². The molecule has 0 aliphatic rings. The lowest BCUT2D eigenvalue weighted by molar-refractivity contribution is 1.05. The third-order valence-electron chi connectivity index (χ3n) is 1.93. The molecule has 0 atom stereocenters. The normalized spacial score (nSPS) is 9.67. The van der Waals surface area contributed by atoms with Crippen molar-refractivity contribution in [3.8, 4) is 11.8 Å². The maximum Gasteiger partial charge on any atom is 0.203 e. The Labute approximate surface area is 87.6 Å². The molecule has 2 aromatic heterocycles. The van der Waals surface area contributed by atoms with Gasteiger partial charge in [0.25, 0.3) is 0 Å². The summed E-state index contributed by atoms with van der Waals surface area (Å²) in [5, 5.41) is 11.0. The number of aromatic nitrogens is 4. The minimum absolute atomic E-state index is 0.738. The zero-order valence-corrected chi connectivity index (χ0v) is 8.44. The van der Waals surface area contributed by atoms with Crippen molar-refractivity contribution in [2.45, 2.75) is 13.3 Å². The Balaban J connectivity index is 2.12. The molecule has 0 aromatic carbocycles. The summed E-state index contributed by atoms with van der Waals surface area (Å²) >= 11 is 0. The van der Waals surface area contributed by atoms with Crippen molar-refractivity contribution in [1.29, 1.82) is 0 Å². The van der Waals surface area contributed by atoms with Gasteiger partial charge in [-0.3, -0.25) is 4.40 Å². The Kier molecular flexibility index (Phi) is 2.79. The van der Waals surface area contributed by atoms with E-state index in [1.54, 1.807) is 12.5 Å². The molecule has 0 aliphatic carbocycles. The van der Waals surface area contributed by atoms with Crippen molar-refractivity contribution in [3.05, 3.63) is 18.7 Å². The van der Waals surface area contributed by atoms with Gasteiger partial charge in [-0.05, 0) is 6.92 Å². The number of rotatable bonds is 3. The highest BCUT2D eigenvalue weighted by Gasteiger charge is 2.02. The fraction of sp³-hybridized carbons (Fsp3) is 0.300. The molecule has 76 valence electrons. The van der Waals surface area contributed by atoms with Crippen LogP contribution in [0.4, 0.5) is 5.82 Å². The fourth-order valence-corrected chi connectivity index (χ4v) is 1.25. The van der Waals surface area contributed by atoms with Crippen molar-refractivity contribution in [2.24, 2.45) is 0 Å². The first kappa shape index (κ1) is 9.46. The average molecular weight is 201 g/mol. The standard InChI is InChI=1S/C10H11N5/c1-2-3-4-5-11-9-10-14-13-8-15(10)7-6-12-9/h6-8H,4-5H2,1H3,(H,11,12). The van der Waals surface area contributed by atoms with Crippen LogP contribution in [0.15, 0.2) is 18.7 Å². The Morgan fingerprint density at radius 3 is 3.33 bits per heavy atom. The molecule has 2 aromatic rings. The molecule has 0 saturated heterocycles. The minimum Gasteiger partial charge on any atom is -0.366 e. The van der Waals surface area contributed by atoms with Gasteiger partial charge in [-0.15, -0.1) is 22.0 Å². The number of nitrogens with one attached hydrogen (secondary N) is 1. The van der Waals surface area contributed by atoms with Crippen LogP contribution in [-0.2, 0) is 0 Å². The van der Waals surface area contributed by atoms with Crippen molar-refractivity contribution in [2.75, 3.05) is 11.9 Å². The van der Waals surface area contributed by atoms with Crippen molar-refractivity contribution >= 4 is 11.5 Å². The number of fused-ring (bicyclic) bond motifs is 1. The van der Waals surface area contributed by atoms with E-state index in [1.165, 1.54) is 0 Å². The summed E-state index contributed by atoms with van der Waals surface area (Å²) in [7, 11) is 0. The van der Waals surface area contributed by atoms with E-state index in [2.05, 4.69) is 32.3 Å². The van der Waals surface area contributed by atoms with Gasteiger partial charge in [0.1, 0.15) is 6.33 Å². The third kappa shape index (κ3) is 2.05. The topological polar surface area (TPSA) is 55.1 Å². The van der Waals surface area contributed by atoms with Crippen molar-refractivity contribution in [3.63, 3.8) is 0 Å². The molecule has 2 rings (SSSR count). The summed E-state index contributed by atoms with van der Waals surface area (Å²) < 4.78 is 1.82. The number of nitrogens with zero attached hydrogens (tertiary/aromatic N) is 4. The Morgan fingerprint density at radius 2 is 2.47 bits per heavy atom. The molecule has 0 aliphatic heterocycles. The van der Waals surface area contributed by atoms with E-state index in [4.69, 9.17) is 0 Å². The fourth-order valence-electron chi connectivity index (χ4n) is 1.25. The van der Waals surface area contributed by atoms with E-state index in [0.717, 1.165) is 24.4 Å². The second-order valence-electron chi connectivity index (χ2n) is 2.94. The van der Waals surface area contributed by atoms with E-state index in [0.29, 0.717) is 0 Å². The number of anilines is 1. The Bertz CT molecular complexity index is 505. The molecule has 0 bridgehead atoms. The van der Waals surface area contributed by atoms with E-state index >= 15 is 0 Å². The lowest BCUT2D eigenvalue weighted by Crippen LogP contribution is -2.04. The molecule has 1 N–H and O–H groups in total.